The molecule has 0 aromatic carbocycles. The maximum atomic E-state index is 6.31. The normalized spacial score (nSPS) is 32.8. The van der Waals surface area contributed by atoms with Crippen LogP contribution in [-0.2, 0) is 9.47 Å². The van der Waals surface area contributed by atoms with E-state index in [1.54, 1.807) is 0 Å². The quantitative estimate of drug-likeness (QED) is 0.821. The molecule has 2 N–H and O–H groups in total. The molecule has 106 valence electrons. The van der Waals surface area contributed by atoms with Gasteiger partial charge in [-0.1, -0.05) is 25.7 Å². The third kappa shape index (κ3) is 2.89. The zero-order valence-corrected chi connectivity index (χ0v) is 12.0. The maximum Gasteiger partial charge on any atom is 0.0784 e. The molecule has 0 aromatic heterocycles. The van der Waals surface area contributed by atoms with Crippen molar-refractivity contribution >= 4 is 0 Å². The first-order chi connectivity index (χ1) is 8.69. The van der Waals surface area contributed by atoms with Gasteiger partial charge in [0, 0.05) is 18.1 Å². The molecule has 3 nitrogen and oxygen atoms in total. The smallest absolute Gasteiger partial charge is 0.0784 e. The highest BCUT2D eigenvalue weighted by Gasteiger charge is 2.53. The highest BCUT2D eigenvalue weighted by molar-refractivity contribution is 5.07. The van der Waals surface area contributed by atoms with Crippen LogP contribution in [0.2, 0.25) is 0 Å². The molecule has 0 aromatic rings. The Kier molecular flexibility index (Phi) is 5.05. The molecule has 2 saturated carbocycles. The van der Waals surface area contributed by atoms with Crippen molar-refractivity contribution in [3.8, 4) is 0 Å². The second-order valence-corrected chi connectivity index (χ2v) is 6.08. The Morgan fingerprint density at radius 3 is 2.44 bits per heavy atom. The van der Waals surface area contributed by atoms with Gasteiger partial charge in [-0.3, -0.25) is 0 Å². The largest absolute Gasteiger partial charge is 0.379 e. The first-order valence-electron chi connectivity index (χ1n) is 7.68. The van der Waals surface area contributed by atoms with E-state index in [4.69, 9.17) is 15.2 Å². The summed E-state index contributed by atoms with van der Waals surface area (Å²) in [5.41, 5.74) is 6.60. The van der Waals surface area contributed by atoms with Crippen LogP contribution in [0.4, 0.5) is 0 Å². The van der Waals surface area contributed by atoms with Gasteiger partial charge < -0.3 is 15.2 Å². The summed E-state index contributed by atoms with van der Waals surface area (Å²) in [4.78, 5) is 0. The average Bonchev–Trinajstić information content (AvgIpc) is 2.63. The van der Waals surface area contributed by atoms with Crippen LogP contribution in [0, 0.1) is 5.41 Å². The molecular formula is C15H29NO2. The van der Waals surface area contributed by atoms with Gasteiger partial charge in [0.1, 0.15) is 0 Å². The monoisotopic (exact) mass is 255 g/mol. The maximum absolute atomic E-state index is 6.31. The van der Waals surface area contributed by atoms with E-state index in [1.165, 1.54) is 38.5 Å². The van der Waals surface area contributed by atoms with E-state index in [0.29, 0.717) is 18.8 Å². The highest BCUT2D eigenvalue weighted by Crippen LogP contribution is 2.51. The van der Waals surface area contributed by atoms with Gasteiger partial charge in [-0.15, -0.1) is 0 Å². The lowest BCUT2D eigenvalue weighted by Gasteiger charge is -2.55. The van der Waals surface area contributed by atoms with Crippen molar-refractivity contribution in [1.82, 2.24) is 0 Å². The Bertz CT molecular complexity index is 249. The van der Waals surface area contributed by atoms with Gasteiger partial charge in [0.2, 0.25) is 0 Å². The van der Waals surface area contributed by atoms with Crippen molar-refractivity contribution in [2.24, 2.45) is 11.1 Å². The van der Waals surface area contributed by atoms with E-state index in [1.807, 2.05) is 6.92 Å². The Balaban J connectivity index is 1.88. The van der Waals surface area contributed by atoms with Gasteiger partial charge >= 0.3 is 0 Å². The van der Waals surface area contributed by atoms with E-state index < -0.39 is 0 Å². The third-order valence-corrected chi connectivity index (χ3v) is 4.84. The van der Waals surface area contributed by atoms with E-state index in [9.17, 15) is 0 Å². The molecule has 2 rings (SSSR count). The van der Waals surface area contributed by atoms with Crippen LogP contribution in [0.5, 0.6) is 0 Å². The van der Waals surface area contributed by atoms with Crippen LogP contribution in [0.15, 0.2) is 0 Å². The topological polar surface area (TPSA) is 44.5 Å². The van der Waals surface area contributed by atoms with Crippen molar-refractivity contribution in [2.45, 2.75) is 77.0 Å². The number of nitrogens with two attached hydrogens (primary N) is 1. The summed E-state index contributed by atoms with van der Waals surface area (Å²) < 4.78 is 11.6. The van der Waals surface area contributed by atoms with Gasteiger partial charge in [0.25, 0.3) is 0 Å². The summed E-state index contributed by atoms with van der Waals surface area (Å²) >= 11 is 0. The second kappa shape index (κ2) is 6.36. The van der Waals surface area contributed by atoms with Crippen molar-refractivity contribution in [3.63, 3.8) is 0 Å². The summed E-state index contributed by atoms with van der Waals surface area (Å²) in [5, 5.41) is 0. The SMILES string of the molecule is CCOCC(C)OC1CC(N)C12CCCCCC2. The van der Waals surface area contributed by atoms with E-state index in [2.05, 4.69) is 6.92 Å². The molecule has 3 unspecified atom stereocenters. The summed E-state index contributed by atoms with van der Waals surface area (Å²) in [6.07, 6.45) is 9.53. The van der Waals surface area contributed by atoms with Crippen molar-refractivity contribution in [1.29, 1.82) is 0 Å². The molecule has 0 saturated heterocycles. The van der Waals surface area contributed by atoms with Crippen molar-refractivity contribution < 1.29 is 9.47 Å². The minimum absolute atomic E-state index is 0.197. The minimum Gasteiger partial charge on any atom is -0.379 e. The number of ether oxygens (including phenoxy) is 2. The van der Waals surface area contributed by atoms with Crippen LogP contribution < -0.4 is 5.73 Å². The van der Waals surface area contributed by atoms with Crippen LogP contribution >= 0.6 is 0 Å². The fourth-order valence-electron chi connectivity index (χ4n) is 3.65. The van der Waals surface area contributed by atoms with Gasteiger partial charge in [-0.25, -0.2) is 0 Å². The molecule has 0 heterocycles. The zero-order chi connectivity index (χ0) is 13.0. The Labute approximate surface area is 111 Å². The average molecular weight is 255 g/mol. The number of hydrogen-bond donors (Lipinski definition) is 1. The molecule has 3 atom stereocenters. The van der Waals surface area contributed by atoms with Gasteiger partial charge in [0.15, 0.2) is 0 Å². The standard InChI is InChI=1S/C15H29NO2/c1-3-17-11-12(2)18-14-10-13(16)15(14)8-6-4-5-7-9-15/h12-14H,3-11,16H2,1-2H3. The first kappa shape index (κ1) is 14.3. The summed E-state index contributed by atoms with van der Waals surface area (Å²) in [6.45, 7) is 5.62. The van der Waals surface area contributed by atoms with Crippen LogP contribution in [0.1, 0.15) is 58.8 Å². The van der Waals surface area contributed by atoms with Gasteiger partial charge in [0.05, 0.1) is 18.8 Å². The van der Waals surface area contributed by atoms with Gasteiger partial charge in [-0.05, 0) is 33.1 Å². The van der Waals surface area contributed by atoms with Crippen molar-refractivity contribution in [3.05, 3.63) is 0 Å². The molecule has 3 heteroatoms. The van der Waals surface area contributed by atoms with Crippen LogP contribution in [0.3, 0.4) is 0 Å². The van der Waals surface area contributed by atoms with E-state index >= 15 is 0 Å². The van der Waals surface area contributed by atoms with E-state index in [0.717, 1.165) is 13.0 Å². The lowest BCUT2D eigenvalue weighted by molar-refractivity contribution is -0.168. The molecule has 2 aliphatic rings. The summed E-state index contributed by atoms with van der Waals surface area (Å²) in [5.74, 6) is 0. The van der Waals surface area contributed by atoms with E-state index in [-0.39, 0.29) is 11.5 Å². The second-order valence-electron chi connectivity index (χ2n) is 6.08. The zero-order valence-electron chi connectivity index (χ0n) is 12.0. The lowest BCUT2D eigenvalue weighted by atomic mass is 9.58. The predicted octanol–water partition coefficient (Wildman–Crippen LogP) is 2.87. The molecule has 2 aliphatic carbocycles. The molecule has 0 radical (unpaired) electrons. The Morgan fingerprint density at radius 1 is 1.22 bits per heavy atom. The summed E-state index contributed by atoms with van der Waals surface area (Å²) in [7, 11) is 0. The molecule has 18 heavy (non-hydrogen) atoms. The third-order valence-electron chi connectivity index (χ3n) is 4.84. The fourth-order valence-corrected chi connectivity index (χ4v) is 3.65. The van der Waals surface area contributed by atoms with Gasteiger partial charge in [-0.2, -0.15) is 0 Å². The highest BCUT2D eigenvalue weighted by atomic mass is 16.5. The number of hydrogen-bond acceptors (Lipinski definition) is 3. The Hall–Kier alpha value is -0.120. The minimum atomic E-state index is 0.197. The van der Waals surface area contributed by atoms with Crippen LogP contribution in [0.25, 0.3) is 0 Å². The molecular weight excluding hydrogens is 226 g/mol. The lowest BCUT2D eigenvalue weighted by Crippen LogP contribution is -2.62. The summed E-state index contributed by atoms with van der Waals surface area (Å²) in [6, 6.07) is 0.361. The Morgan fingerprint density at radius 2 is 1.89 bits per heavy atom. The molecule has 2 fully saturated rings. The number of rotatable bonds is 5. The fraction of sp³-hybridized carbons (Fsp3) is 1.00. The molecule has 1 spiro atoms. The predicted molar refractivity (Wildman–Crippen MR) is 73.6 cm³/mol. The molecule has 0 amide bonds. The molecule has 0 bridgehead atoms. The van der Waals surface area contributed by atoms with Crippen molar-refractivity contribution in [2.75, 3.05) is 13.2 Å². The molecule has 0 aliphatic heterocycles. The van der Waals surface area contributed by atoms with Crippen LogP contribution in [-0.4, -0.2) is 31.5 Å². The first-order valence-corrected chi connectivity index (χ1v) is 7.68.